The first kappa shape index (κ1) is 13.3. The SMILES string of the molecule is CC1(C)CCC(OCCS(=O)(=O)Cl)CC1. The third-order valence-corrected chi connectivity index (χ3v) is 4.08. The third kappa shape index (κ3) is 5.73. The molecule has 0 radical (unpaired) electrons. The van der Waals surface area contributed by atoms with E-state index in [1.807, 2.05) is 0 Å². The van der Waals surface area contributed by atoms with E-state index in [2.05, 4.69) is 13.8 Å². The van der Waals surface area contributed by atoms with Gasteiger partial charge in [0.2, 0.25) is 9.05 Å². The minimum absolute atomic E-state index is 0.0888. The molecule has 0 heterocycles. The van der Waals surface area contributed by atoms with Crippen LogP contribution in [-0.4, -0.2) is 26.9 Å². The molecule has 0 atom stereocenters. The summed E-state index contributed by atoms with van der Waals surface area (Å²) in [7, 11) is 1.69. The molecule has 1 fully saturated rings. The highest BCUT2D eigenvalue weighted by Gasteiger charge is 2.27. The quantitative estimate of drug-likeness (QED) is 0.724. The van der Waals surface area contributed by atoms with Crippen LogP contribution in [0.15, 0.2) is 0 Å². The Bertz CT molecular complexity index is 288. The molecule has 1 rings (SSSR count). The van der Waals surface area contributed by atoms with Gasteiger partial charge in [-0.2, -0.15) is 0 Å². The smallest absolute Gasteiger partial charge is 0.234 e. The summed E-state index contributed by atoms with van der Waals surface area (Å²) < 4.78 is 26.8. The average molecular weight is 255 g/mol. The lowest BCUT2D eigenvalue weighted by molar-refractivity contribution is 0.0121. The van der Waals surface area contributed by atoms with Crippen LogP contribution >= 0.6 is 10.7 Å². The zero-order valence-electron chi connectivity index (χ0n) is 9.33. The highest BCUT2D eigenvalue weighted by molar-refractivity contribution is 8.13. The van der Waals surface area contributed by atoms with E-state index in [-0.39, 0.29) is 18.5 Å². The Labute approximate surface area is 96.6 Å². The van der Waals surface area contributed by atoms with E-state index < -0.39 is 9.05 Å². The highest BCUT2D eigenvalue weighted by Crippen LogP contribution is 2.36. The maximum Gasteiger partial charge on any atom is 0.234 e. The van der Waals surface area contributed by atoms with Gasteiger partial charge in [0.15, 0.2) is 0 Å². The second-order valence-corrected chi connectivity index (χ2v) is 7.87. The second-order valence-electron chi connectivity index (χ2n) is 4.98. The third-order valence-electron chi connectivity index (χ3n) is 2.97. The molecule has 0 amide bonds. The molecular formula is C10H19ClO3S. The van der Waals surface area contributed by atoms with E-state index in [0.29, 0.717) is 5.41 Å². The van der Waals surface area contributed by atoms with Crippen molar-refractivity contribution in [1.29, 1.82) is 0 Å². The number of hydrogen-bond acceptors (Lipinski definition) is 3. The molecule has 1 aliphatic rings. The van der Waals surface area contributed by atoms with E-state index in [9.17, 15) is 8.42 Å². The average Bonchev–Trinajstić information content (AvgIpc) is 2.06. The molecule has 0 aromatic rings. The molecule has 0 unspecified atom stereocenters. The van der Waals surface area contributed by atoms with Gasteiger partial charge in [-0.05, 0) is 31.1 Å². The molecule has 0 aromatic carbocycles. The van der Waals surface area contributed by atoms with Crippen LogP contribution in [0.5, 0.6) is 0 Å². The Morgan fingerprint density at radius 3 is 2.33 bits per heavy atom. The van der Waals surface area contributed by atoms with Gasteiger partial charge in [-0.25, -0.2) is 8.42 Å². The van der Waals surface area contributed by atoms with Gasteiger partial charge in [0.05, 0.1) is 18.5 Å². The van der Waals surface area contributed by atoms with Gasteiger partial charge >= 0.3 is 0 Å². The van der Waals surface area contributed by atoms with E-state index in [0.717, 1.165) is 25.7 Å². The molecule has 1 saturated carbocycles. The van der Waals surface area contributed by atoms with Gasteiger partial charge in [0.1, 0.15) is 0 Å². The van der Waals surface area contributed by atoms with Crippen molar-refractivity contribution in [3.8, 4) is 0 Å². The van der Waals surface area contributed by atoms with Gasteiger partial charge in [0, 0.05) is 10.7 Å². The fourth-order valence-electron chi connectivity index (χ4n) is 1.85. The Hall–Kier alpha value is 0.200. The molecule has 0 aromatic heterocycles. The van der Waals surface area contributed by atoms with Crippen LogP contribution in [0, 0.1) is 5.41 Å². The highest BCUT2D eigenvalue weighted by atomic mass is 35.7. The number of rotatable bonds is 4. The first-order valence-corrected chi connectivity index (χ1v) is 7.80. The zero-order valence-corrected chi connectivity index (χ0v) is 10.9. The molecule has 1 aliphatic carbocycles. The molecule has 15 heavy (non-hydrogen) atoms. The Morgan fingerprint density at radius 1 is 1.33 bits per heavy atom. The lowest BCUT2D eigenvalue weighted by atomic mass is 9.76. The normalized spacial score (nSPS) is 22.9. The number of halogens is 1. The molecule has 5 heteroatoms. The molecular weight excluding hydrogens is 236 g/mol. The largest absolute Gasteiger partial charge is 0.377 e. The number of hydrogen-bond donors (Lipinski definition) is 0. The van der Waals surface area contributed by atoms with Gasteiger partial charge in [0.25, 0.3) is 0 Å². The molecule has 0 N–H and O–H groups in total. The summed E-state index contributed by atoms with van der Waals surface area (Å²) in [5.41, 5.74) is 0.415. The van der Waals surface area contributed by atoms with Crippen LogP contribution in [0.4, 0.5) is 0 Å². The van der Waals surface area contributed by atoms with Crippen LogP contribution in [0.3, 0.4) is 0 Å². The Kier molecular flexibility index (Phi) is 4.44. The van der Waals surface area contributed by atoms with Crippen LogP contribution in [0.1, 0.15) is 39.5 Å². The standard InChI is InChI=1S/C10H19ClO3S/c1-10(2)5-3-9(4-6-10)14-7-8-15(11,12)13/h9H,3-8H2,1-2H3. The van der Waals surface area contributed by atoms with Crippen molar-refractivity contribution in [1.82, 2.24) is 0 Å². The minimum Gasteiger partial charge on any atom is -0.377 e. The van der Waals surface area contributed by atoms with Crippen molar-refractivity contribution < 1.29 is 13.2 Å². The van der Waals surface area contributed by atoms with Crippen molar-refractivity contribution in [2.24, 2.45) is 5.41 Å². The Morgan fingerprint density at radius 2 is 1.87 bits per heavy atom. The predicted molar refractivity (Wildman–Crippen MR) is 61.6 cm³/mol. The molecule has 0 spiro atoms. The first-order valence-electron chi connectivity index (χ1n) is 5.32. The molecule has 90 valence electrons. The van der Waals surface area contributed by atoms with Crippen LogP contribution < -0.4 is 0 Å². The van der Waals surface area contributed by atoms with Crippen molar-refractivity contribution in [3.63, 3.8) is 0 Å². The summed E-state index contributed by atoms with van der Waals surface area (Å²) in [5.74, 6) is -0.0888. The second kappa shape index (κ2) is 5.02. The molecule has 0 saturated heterocycles. The van der Waals surface area contributed by atoms with Crippen molar-refractivity contribution in [2.45, 2.75) is 45.6 Å². The lowest BCUT2D eigenvalue weighted by Gasteiger charge is -2.34. The van der Waals surface area contributed by atoms with Gasteiger partial charge in [-0.15, -0.1) is 0 Å². The first-order chi connectivity index (χ1) is 6.79. The van der Waals surface area contributed by atoms with E-state index >= 15 is 0 Å². The maximum atomic E-state index is 10.7. The fraction of sp³-hybridized carbons (Fsp3) is 1.00. The van der Waals surface area contributed by atoms with Crippen LogP contribution in [0.25, 0.3) is 0 Å². The molecule has 0 aliphatic heterocycles. The molecule has 3 nitrogen and oxygen atoms in total. The summed E-state index contributed by atoms with van der Waals surface area (Å²) in [5, 5.41) is 0. The Balaban J connectivity index is 2.20. The van der Waals surface area contributed by atoms with Crippen molar-refractivity contribution in [3.05, 3.63) is 0 Å². The van der Waals surface area contributed by atoms with E-state index in [1.165, 1.54) is 0 Å². The lowest BCUT2D eigenvalue weighted by Crippen LogP contribution is -2.27. The summed E-state index contributed by atoms with van der Waals surface area (Å²) in [6.07, 6.45) is 4.55. The van der Waals surface area contributed by atoms with Crippen molar-refractivity contribution in [2.75, 3.05) is 12.4 Å². The summed E-state index contributed by atoms with van der Waals surface area (Å²) in [6, 6.07) is 0. The van der Waals surface area contributed by atoms with Crippen LogP contribution in [-0.2, 0) is 13.8 Å². The summed E-state index contributed by atoms with van der Waals surface area (Å²) >= 11 is 0. The van der Waals surface area contributed by atoms with E-state index in [4.69, 9.17) is 15.4 Å². The van der Waals surface area contributed by atoms with Gasteiger partial charge < -0.3 is 4.74 Å². The molecule has 0 bridgehead atoms. The van der Waals surface area contributed by atoms with E-state index in [1.54, 1.807) is 0 Å². The predicted octanol–water partition coefficient (Wildman–Crippen LogP) is 2.54. The summed E-state index contributed by atoms with van der Waals surface area (Å²) in [4.78, 5) is 0. The number of ether oxygens (including phenoxy) is 1. The van der Waals surface area contributed by atoms with Crippen molar-refractivity contribution >= 4 is 19.7 Å². The van der Waals surface area contributed by atoms with Gasteiger partial charge in [-0.3, -0.25) is 0 Å². The monoisotopic (exact) mass is 254 g/mol. The van der Waals surface area contributed by atoms with Crippen LogP contribution in [0.2, 0.25) is 0 Å². The topological polar surface area (TPSA) is 43.4 Å². The summed E-state index contributed by atoms with van der Waals surface area (Å²) in [6.45, 7) is 4.73. The maximum absolute atomic E-state index is 10.7. The zero-order chi connectivity index (χ0) is 11.5. The fourth-order valence-corrected chi connectivity index (χ4v) is 2.34. The van der Waals surface area contributed by atoms with Gasteiger partial charge in [-0.1, -0.05) is 13.8 Å². The minimum atomic E-state index is -3.40.